The van der Waals surface area contributed by atoms with E-state index in [4.69, 9.17) is 11.6 Å². The van der Waals surface area contributed by atoms with Crippen molar-refractivity contribution >= 4 is 27.5 Å². The van der Waals surface area contributed by atoms with Crippen LogP contribution < -0.4 is 0 Å². The van der Waals surface area contributed by atoms with E-state index in [-0.39, 0.29) is 5.82 Å². The molecule has 0 aliphatic heterocycles. The highest BCUT2D eigenvalue weighted by Gasteiger charge is 2.00. The smallest absolute Gasteiger partial charge is 0.127 e. The van der Waals surface area contributed by atoms with Crippen LogP contribution in [0.3, 0.4) is 0 Å². The van der Waals surface area contributed by atoms with Gasteiger partial charge in [-0.1, -0.05) is 22.0 Å². The molecule has 0 atom stereocenters. The lowest BCUT2D eigenvalue weighted by molar-refractivity contribution is 0.611. The molecule has 0 aromatic heterocycles. The van der Waals surface area contributed by atoms with E-state index in [1.165, 1.54) is 6.07 Å². The average molecular weight is 237 g/mol. The minimum absolute atomic E-state index is 0.194. The SMILES string of the molecule is Fc1cc(Br)ccc1CCCl. The molecular weight excluding hydrogens is 230 g/mol. The Bertz CT molecular complexity index is 250. The normalized spacial score (nSPS) is 10.1. The lowest BCUT2D eigenvalue weighted by Gasteiger charge is -1.99. The highest BCUT2D eigenvalue weighted by atomic mass is 79.9. The van der Waals surface area contributed by atoms with Crippen molar-refractivity contribution in [2.45, 2.75) is 6.42 Å². The molecule has 0 heterocycles. The van der Waals surface area contributed by atoms with E-state index in [9.17, 15) is 4.39 Å². The molecule has 1 aromatic rings. The standard InChI is InChI=1S/C8H7BrClF/c9-7-2-1-6(3-4-10)8(11)5-7/h1-2,5H,3-4H2. The Morgan fingerprint density at radius 1 is 1.45 bits per heavy atom. The van der Waals surface area contributed by atoms with Gasteiger partial charge >= 0.3 is 0 Å². The van der Waals surface area contributed by atoms with E-state index < -0.39 is 0 Å². The molecule has 0 N–H and O–H groups in total. The lowest BCUT2D eigenvalue weighted by Crippen LogP contribution is -1.90. The first-order valence-corrected chi connectivity index (χ1v) is 4.56. The molecule has 0 spiro atoms. The second-order valence-electron chi connectivity index (χ2n) is 2.17. The van der Waals surface area contributed by atoms with Crippen LogP contribution in [0, 0.1) is 5.82 Å². The molecule has 0 amide bonds. The third-order valence-electron chi connectivity index (χ3n) is 1.38. The van der Waals surface area contributed by atoms with Crippen LogP contribution in [0.25, 0.3) is 0 Å². The van der Waals surface area contributed by atoms with Gasteiger partial charge in [-0.15, -0.1) is 11.6 Å². The van der Waals surface area contributed by atoms with E-state index in [1.54, 1.807) is 6.07 Å². The third kappa shape index (κ3) is 2.46. The van der Waals surface area contributed by atoms with E-state index >= 15 is 0 Å². The Morgan fingerprint density at radius 3 is 2.73 bits per heavy atom. The summed E-state index contributed by atoms with van der Waals surface area (Å²) in [4.78, 5) is 0. The molecule has 0 saturated heterocycles. The second-order valence-corrected chi connectivity index (χ2v) is 3.47. The van der Waals surface area contributed by atoms with Crippen LogP contribution in [0.2, 0.25) is 0 Å². The van der Waals surface area contributed by atoms with Crippen LogP contribution in [0.15, 0.2) is 22.7 Å². The zero-order valence-electron chi connectivity index (χ0n) is 5.78. The number of hydrogen-bond acceptors (Lipinski definition) is 0. The monoisotopic (exact) mass is 236 g/mol. The quantitative estimate of drug-likeness (QED) is 0.692. The number of hydrogen-bond donors (Lipinski definition) is 0. The average Bonchev–Trinajstić information content (AvgIpc) is 1.95. The first kappa shape index (κ1) is 9.01. The molecule has 60 valence electrons. The molecule has 1 aromatic carbocycles. The molecule has 1 rings (SSSR count). The minimum Gasteiger partial charge on any atom is -0.207 e. The van der Waals surface area contributed by atoms with Crippen molar-refractivity contribution in [3.05, 3.63) is 34.1 Å². The highest BCUT2D eigenvalue weighted by Crippen LogP contribution is 2.15. The Kier molecular flexibility index (Phi) is 3.34. The van der Waals surface area contributed by atoms with Gasteiger partial charge in [0.1, 0.15) is 5.82 Å². The van der Waals surface area contributed by atoms with Crippen molar-refractivity contribution in [1.82, 2.24) is 0 Å². The van der Waals surface area contributed by atoms with Crippen LogP contribution in [-0.4, -0.2) is 5.88 Å². The largest absolute Gasteiger partial charge is 0.207 e. The van der Waals surface area contributed by atoms with Gasteiger partial charge in [-0.25, -0.2) is 4.39 Å². The molecule has 3 heteroatoms. The van der Waals surface area contributed by atoms with Crippen molar-refractivity contribution < 1.29 is 4.39 Å². The van der Waals surface area contributed by atoms with E-state index in [0.29, 0.717) is 17.9 Å². The summed E-state index contributed by atoms with van der Waals surface area (Å²) in [6, 6.07) is 4.99. The fourth-order valence-electron chi connectivity index (χ4n) is 0.826. The first-order valence-electron chi connectivity index (χ1n) is 3.24. The molecule has 0 nitrogen and oxygen atoms in total. The lowest BCUT2D eigenvalue weighted by atomic mass is 10.2. The predicted molar refractivity (Wildman–Crippen MR) is 48.5 cm³/mol. The molecule has 0 aliphatic carbocycles. The summed E-state index contributed by atoms with van der Waals surface area (Å²) in [5.41, 5.74) is 0.670. The maximum atomic E-state index is 12.9. The van der Waals surface area contributed by atoms with Gasteiger partial charge in [0.2, 0.25) is 0 Å². The fraction of sp³-hybridized carbons (Fsp3) is 0.250. The maximum Gasteiger partial charge on any atom is 0.127 e. The van der Waals surface area contributed by atoms with Crippen molar-refractivity contribution in [3.8, 4) is 0 Å². The first-order chi connectivity index (χ1) is 5.24. The van der Waals surface area contributed by atoms with Gasteiger partial charge in [0.15, 0.2) is 0 Å². The number of alkyl halides is 1. The number of benzene rings is 1. The Labute approximate surface area is 78.5 Å². The highest BCUT2D eigenvalue weighted by molar-refractivity contribution is 9.10. The Hall–Kier alpha value is -0.0800. The van der Waals surface area contributed by atoms with Gasteiger partial charge in [-0.05, 0) is 24.1 Å². The van der Waals surface area contributed by atoms with Gasteiger partial charge in [0.25, 0.3) is 0 Å². The predicted octanol–water partition coefficient (Wildman–Crippen LogP) is 3.37. The summed E-state index contributed by atoms with van der Waals surface area (Å²) in [5.74, 6) is 0.262. The van der Waals surface area contributed by atoms with Gasteiger partial charge in [-0.3, -0.25) is 0 Å². The molecule has 0 aliphatic rings. The third-order valence-corrected chi connectivity index (χ3v) is 2.06. The summed E-state index contributed by atoms with van der Waals surface area (Å²) in [5, 5.41) is 0. The molecule has 0 unspecified atom stereocenters. The van der Waals surface area contributed by atoms with Crippen molar-refractivity contribution in [2.24, 2.45) is 0 Å². The second kappa shape index (κ2) is 4.07. The number of rotatable bonds is 2. The van der Waals surface area contributed by atoms with Crippen LogP contribution in [0.5, 0.6) is 0 Å². The summed E-state index contributed by atoms with van der Waals surface area (Å²) in [7, 11) is 0. The molecular formula is C8H7BrClF. The van der Waals surface area contributed by atoms with Crippen LogP contribution >= 0.6 is 27.5 Å². The molecule has 0 bridgehead atoms. The Balaban J connectivity index is 2.90. The Morgan fingerprint density at radius 2 is 2.18 bits per heavy atom. The van der Waals surface area contributed by atoms with E-state index in [0.717, 1.165) is 4.47 Å². The van der Waals surface area contributed by atoms with Crippen LogP contribution in [0.1, 0.15) is 5.56 Å². The molecule has 0 fully saturated rings. The van der Waals surface area contributed by atoms with Gasteiger partial charge in [0.05, 0.1) is 0 Å². The fourth-order valence-corrected chi connectivity index (χ4v) is 1.36. The van der Waals surface area contributed by atoms with Crippen molar-refractivity contribution in [2.75, 3.05) is 5.88 Å². The van der Waals surface area contributed by atoms with E-state index in [1.807, 2.05) is 6.07 Å². The number of halogens is 3. The van der Waals surface area contributed by atoms with E-state index in [2.05, 4.69) is 15.9 Å². The summed E-state index contributed by atoms with van der Waals surface area (Å²) in [6.45, 7) is 0. The van der Waals surface area contributed by atoms with Crippen LogP contribution in [-0.2, 0) is 6.42 Å². The van der Waals surface area contributed by atoms with Gasteiger partial charge in [0, 0.05) is 10.4 Å². The molecule has 0 radical (unpaired) electrons. The zero-order chi connectivity index (χ0) is 8.27. The topological polar surface area (TPSA) is 0 Å². The minimum atomic E-state index is -0.194. The summed E-state index contributed by atoms with van der Waals surface area (Å²) < 4.78 is 13.7. The summed E-state index contributed by atoms with van der Waals surface area (Å²) in [6.07, 6.45) is 0.584. The maximum absolute atomic E-state index is 12.9. The van der Waals surface area contributed by atoms with Gasteiger partial charge < -0.3 is 0 Å². The zero-order valence-corrected chi connectivity index (χ0v) is 8.12. The van der Waals surface area contributed by atoms with Gasteiger partial charge in [-0.2, -0.15) is 0 Å². The molecule has 0 saturated carbocycles. The molecule has 11 heavy (non-hydrogen) atoms. The number of aryl methyl sites for hydroxylation is 1. The summed E-state index contributed by atoms with van der Waals surface area (Å²) >= 11 is 8.64. The van der Waals surface area contributed by atoms with Crippen molar-refractivity contribution in [3.63, 3.8) is 0 Å². The van der Waals surface area contributed by atoms with Crippen molar-refractivity contribution in [1.29, 1.82) is 0 Å². The van der Waals surface area contributed by atoms with Crippen LogP contribution in [0.4, 0.5) is 4.39 Å².